The molecule has 1 rings (SSSR count). The summed E-state index contributed by atoms with van der Waals surface area (Å²) in [6.45, 7) is 8.80. The van der Waals surface area contributed by atoms with E-state index in [-0.39, 0.29) is 5.57 Å². The Morgan fingerprint density at radius 3 is 2.06 bits per heavy atom. The van der Waals surface area contributed by atoms with Gasteiger partial charge in [0.1, 0.15) is 5.57 Å². The van der Waals surface area contributed by atoms with Crippen LogP contribution in [0.2, 0.25) is 0 Å². The summed E-state index contributed by atoms with van der Waals surface area (Å²) in [6, 6.07) is 0. The molecular formula is C13H19NO4. The van der Waals surface area contributed by atoms with Crippen molar-refractivity contribution in [1.29, 1.82) is 0 Å². The largest absolute Gasteiger partial charge is 0.419 e. The van der Waals surface area contributed by atoms with Crippen molar-refractivity contribution in [2.24, 2.45) is 0 Å². The monoisotopic (exact) mass is 253 g/mol. The highest BCUT2D eigenvalue weighted by Crippen LogP contribution is 2.22. The average molecular weight is 253 g/mol. The first kappa shape index (κ1) is 14.3. The summed E-state index contributed by atoms with van der Waals surface area (Å²) < 4.78 is 9.94. The zero-order valence-electron chi connectivity index (χ0n) is 11.2. The quantitative estimate of drug-likeness (QED) is 0.433. The number of nitrogens with zero attached hydrogens (tertiary/aromatic N) is 1. The number of allylic oxidation sites excluding steroid dienone is 2. The van der Waals surface area contributed by atoms with E-state index in [9.17, 15) is 9.59 Å². The Balaban J connectivity index is 2.77. The van der Waals surface area contributed by atoms with Gasteiger partial charge in [-0.05, 0) is 32.2 Å². The first-order valence-corrected chi connectivity index (χ1v) is 5.98. The second-order valence-corrected chi connectivity index (χ2v) is 4.32. The van der Waals surface area contributed by atoms with Crippen LogP contribution in [0.5, 0.6) is 0 Å². The summed E-state index contributed by atoms with van der Waals surface area (Å²) in [7, 11) is 0. The average Bonchev–Trinajstić information content (AvgIpc) is 2.26. The zero-order valence-corrected chi connectivity index (χ0v) is 11.2. The van der Waals surface area contributed by atoms with Gasteiger partial charge >= 0.3 is 11.9 Å². The van der Waals surface area contributed by atoms with Crippen molar-refractivity contribution in [1.82, 2.24) is 4.90 Å². The fourth-order valence-electron chi connectivity index (χ4n) is 1.49. The Kier molecular flexibility index (Phi) is 4.53. The summed E-state index contributed by atoms with van der Waals surface area (Å²) >= 11 is 0. The predicted molar refractivity (Wildman–Crippen MR) is 66.4 cm³/mol. The van der Waals surface area contributed by atoms with Gasteiger partial charge in [-0.25, -0.2) is 9.59 Å². The molecule has 0 radical (unpaired) electrons. The lowest BCUT2D eigenvalue weighted by atomic mass is 10.2. The van der Waals surface area contributed by atoms with Gasteiger partial charge in [-0.3, -0.25) is 0 Å². The van der Waals surface area contributed by atoms with Crippen molar-refractivity contribution in [2.45, 2.75) is 33.5 Å². The van der Waals surface area contributed by atoms with Crippen molar-refractivity contribution in [3.05, 3.63) is 23.9 Å². The van der Waals surface area contributed by atoms with Gasteiger partial charge in [0.15, 0.2) is 0 Å². The second kappa shape index (κ2) is 5.71. The number of hydrogen-bond donors (Lipinski definition) is 0. The lowest BCUT2D eigenvalue weighted by molar-refractivity contribution is -0.222. The number of carbonyl (C=O) groups excluding carboxylic acids is 2. The molecular weight excluding hydrogens is 234 g/mol. The molecule has 1 aliphatic heterocycles. The minimum atomic E-state index is -1.19. The van der Waals surface area contributed by atoms with Crippen LogP contribution in [0.25, 0.3) is 0 Å². The predicted octanol–water partition coefficient (Wildman–Crippen LogP) is 1.60. The molecule has 5 heteroatoms. The molecule has 1 fully saturated rings. The standard InChI is InChI=1S/C13H19NO4/c1-5-14(6-2)9-7-8-10-11(15)17-13(3,4)18-12(10)16/h7-9H,5-6H2,1-4H3/b9-7+. The second-order valence-electron chi connectivity index (χ2n) is 4.32. The summed E-state index contributed by atoms with van der Waals surface area (Å²) in [5, 5.41) is 0. The first-order chi connectivity index (χ1) is 8.39. The van der Waals surface area contributed by atoms with Crippen molar-refractivity contribution in [3.8, 4) is 0 Å². The van der Waals surface area contributed by atoms with Crippen LogP contribution in [0.3, 0.4) is 0 Å². The van der Waals surface area contributed by atoms with Gasteiger partial charge in [-0.15, -0.1) is 0 Å². The number of carbonyl (C=O) groups is 2. The third-order valence-electron chi connectivity index (χ3n) is 2.49. The van der Waals surface area contributed by atoms with E-state index in [1.54, 1.807) is 6.08 Å². The van der Waals surface area contributed by atoms with Gasteiger partial charge in [0.25, 0.3) is 5.79 Å². The molecule has 0 N–H and O–H groups in total. The van der Waals surface area contributed by atoms with Gasteiger partial charge in [0.05, 0.1) is 0 Å². The zero-order chi connectivity index (χ0) is 13.8. The van der Waals surface area contributed by atoms with E-state index in [4.69, 9.17) is 9.47 Å². The first-order valence-electron chi connectivity index (χ1n) is 5.98. The maximum Gasteiger partial charge on any atom is 0.348 e. The molecule has 0 bridgehead atoms. The highest BCUT2D eigenvalue weighted by molar-refractivity contribution is 6.15. The SMILES string of the molecule is CCN(/C=C/C=C1C(=O)OC(C)(C)OC1=O)CC. The minimum Gasteiger partial charge on any atom is -0.419 e. The van der Waals surface area contributed by atoms with Crippen LogP contribution < -0.4 is 0 Å². The van der Waals surface area contributed by atoms with E-state index < -0.39 is 17.7 Å². The van der Waals surface area contributed by atoms with Crippen LogP contribution in [0.4, 0.5) is 0 Å². The molecule has 0 atom stereocenters. The van der Waals surface area contributed by atoms with Gasteiger partial charge in [0, 0.05) is 26.9 Å². The van der Waals surface area contributed by atoms with Gasteiger partial charge < -0.3 is 14.4 Å². The van der Waals surface area contributed by atoms with Crippen LogP contribution in [0.1, 0.15) is 27.7 Å². The molecule has 0 aromatic heterocycles. The summed E-state index contributed by atoms with van der Waals surface area (Å²) in [5.74, 6) is -2.49. The molecule has 0 amide bonds. The van der Waals surface area contributed by atoms with Crippen LogP contribution in [-0.2, 0) is 19.1 Å². The fraction of sp³-hybridized carbons (Fsp3) is 0.538. The van der Waals surface area contributed by atoms with E-state index >= 15 is 0 Å². The lowest BCUT2D eigenvalue weighted by Gasteiger charge is -2.29. The van der Waals surface area contributed by atoms with Crippen LogP contribution in [-0.4, -0.2) is 35.7 Å². The molecule has 0 aliphatic carbocycles. The Hall–Kier alpha value is -1.78. The number of hydrogen-bond acceptors (Lipinski definition) is 5. The van der Waals surface area contributed by atoms with E-state index in [2.05, 4.69) is 0 Å². The van der Waals surface area contributed by atoms with Crippen molar-refractivity contribution < 1.29 is 19.1 Å². The fourth-order valence-corrected chi connectivity index (χ4v) is 1.49. The molecule has 1 aliphatic rings. The number of rotatable bonds is 4. The highest BCUT2D eigenvalue weighted by atomic mass is 16.7. The van der Waals surface area contributed by atoms with Crippen molar-refractivity contribution in [2.75, 3.05) is 13.1 Å². The van der Waals surface area contributed by atoms with Crippen LogP contribution >= 0.6 is 0 Å². The van der Waals surface area contributed by atoms with E-state index in [1.165, 1.54) is 19.9 Å². The molecule has 5 nitrogen and oxygen atoms in total. The maximum atomic E-state index is 11.6. The lowest BCUT2D eigenvalue weighted by Crippen LogP contribution is -2.41. The maximum absolute atomic E-state index is 11.6. The Morgan fingerprint density at radius 2 is 1.61 bits per heavy atom. The normalized spacial score (nSPS) is 18.6. The molecule has 0 unspecified atom stereocenters. The van der Waals surface area contributed by atoms with E-state index in [0.717, 1.165) is 13.1 Å². The molecule has 100 valence electrons. The summed E-state index contributed by atoms with van der Waals surface area (Å²) in [6.07, 6.45) is 4.87. The van der Waals surface area contributed by atoms with Gasteiger partial charge in [-0.2, -0.15) is 0 Å². The number of esters is 2. The molecule has 18 heavy (non-hydrogen) atoms. The molecule has 0 spiro atoms. The summed E-state index contributed by atoms with van der Waals surface area (Å²) in [5.41, 5.74) is -0.0854. The molecule has 1 saturated heterocycles. The Bertz CT molecular complexity index is 370. The Labute approximate surface area is 107 Å². The molecule has 0 aromatic rings. The summed E-state index contributed by atoms with van der Waals surface area (Å²) in [4.78, 5) is 25.2. The number of cyclic esters (lactones) is 2. The molecule has 1 heterocycles. The van der Waals surface area contributed by atoms with Crippen molar-refractivity contribution >= 4 is 11.9 Å². The van der Waals surface area contributed by atoms with Crippen LogP contribution in [0, 0.1) is 0 Å². The minimum absolute atomic E-state index is 0.0854. The third kappa shape index (κ3) is 3.61. The smallest absolute Gasteiger partial charge is 0.348 e. The van der Waals surface area contributed by atoms with Gasteiger partial charge in [0.2, 0.25) is 0 Å². The number of ether oxygens (including phenoxy) is 2. The molecule has 0 aromatic carbocycles. The van der Waals surface area contributed by atoms with Crippen molar-refractivity contribution in [3.63, 3.8) is 0 Å². The van der Waals surface area contributed by atoms with Gasteiger partial charge in [-0.1, -0.05) is 0 Å². The Morgan fingerprint density at radius 1 is 1.11 bits per heavy atom. The molecule has 0 saturated carbocycles. The third-order valence-corrected chi connectivity index (χ3v) is 2.49. The van der Waals surface area contributed by atoms with Crippen LogP contribution in [0.15, 0.2) is 23.9 Å². The highest BCUT2D eigenvalue weighted by Gasteiger charge is 2.38. The topological polar surface area (TPSA) is 55.8 Å². The van der Waals surface area contributed by atoms with E-state index in [0.29, 0.717) is 0 Å². The van der Waals surface area contributed by atoms with E-state index in [1.807, 2.05) is 24.9 Å².